The number of nitrogen functional groups attached to an aromatic ring is 1. The Bertz CT molecular complexity index is 320. The van der Waals surface area contributed by atoms with Gasteiger partial charge < -0.3 is 16.0 Å². The van der Waals surface area contributed by atoms with Gasteiger partial charge in [-0.2, -0.15) is 4.98 Å². The van der Waals surface area contributed by atoms with Gasteiger partial charge in [-0.3, -0.25) is 0 Å². The molecule has 0 saturated carbocycles. The van der Waals surface area contributed by atoms with E-state index in [1.165, 1.54) is 0 Å². The maximum Gasteiger partial charge on any atom is 0.223 e. The minimum Gasteiger partial charge on any atom is -0.370 e. The zero-order valence-electron chi connectivity index (χ0n) is 10.4. The lowest BCUT2D eigenvalue weighted by atomic mass is 10.3. The molecule has 0 aliphatic heterocycles. The number of nitrogens with two attached hydrogens (primary N) is 1. The quantitative estimate of drug-likeness (QED) is 0.577. The molecule has 1 aromatic heterocycles. The van der Waals surface area contributed by atoms with E-state index < -0.39 is 0 Å². The van der Waals surface area contributed by atoms with E-state index in [1.807, 2.05) is 0 Å². The summed E-state index contributed by atoms with van der Waals surface area (Å²) in [5.74, 6) is 0.880. The summed E-state index contributed by atoms with van der Waals surface area (Å²) in [5.41, 5.74) is 5.50. The smallest absolute Gasteiger partial charge is 0.223 e. The maximum absolute atomic E-state index is 5.78. The molecule has 1 aromatic rings. The van der Waals surface area contributed by atoms with Gasteiger partial charge in [-0.1, -0.05) is 25.4 Å². The fraction of sp³-hybridized carbons (Fsp3) is 0.636. The lowest BCUT2D eigenvalue weighted by Crippen LogP contribution is -2.25. The van der Waals surface area contributed by atoms with Gasteiger partial charge >= 0.3 is 0 Å². The van der Waals surface area contributed by atoms with Crippen LogP contribution in [0.5, 0.6) is 0 Å². The van der Waals surface area contributed by atoms with E-state index >= 15 is 0 Å². The third-order valence-corrected chi connectivity index (χ3v) is 2.76. The number of hydrogen-bond donors (Lipinski definition) is 2. The number of hydrogen-bond acceptors (Lipinski definition) is 5. The van der Waals surface area contributed by atoms with Gasteiger partial charge in [-0.25, -0.2) is 4.98 Å². The maximum atomic E-state index is 5.78. The molecule has 1 heterocycles. The standard InChI is InChI=1S/C11H20ClN5/c1-3-17(4-2)7-5-6-14-10-8-9(12)15-11(13)16-10/h8H,3-7H2,1-2H3,(H3,13,14,15,16). The molecule has 0 atom stereocenters. The number of rotatable bonds is 7. The van der Waals surface area contributed by atoms with Crippen LogP contribution in [-0.4, -0.2) is 41.0 Å². The Kier molecular flexibility index (Phi) is 6.00. The van der Waals surface area contributed by atoms with Gasteiger partial charge in [0.05, 0.1) is 0 Å². The second-order valence-electron chi connectivity index (χ2n) is 3.74. The highest BCUT2D eigenvalue weighted by molar-refractivity contribution is 6.29. The first-order chi connectivity index (χ1) is 8.15. The topological polar surface area (TPSA) is 67.1 Å². The second kappa shape index (κ2) is 7.29. The average Bonchev–Trinajstić information content (AvgIpc) is 2.28. The van der Waals surface area contributed by atoms with Gasteiger partial charge in [0.1, 0.15) is 11.0 Å². The molecular formula is C11H20ClN5. The summed E-state index contributed by atoms with van der Waals surface area (Å²) in [6.45, 7) is 8.44. The van der Waals surface area contributed by atoms with Crippen LogP contribution >= 0.6 is 11.6 Å². The van der Waals surface area contributed by atoms with E-state index in [1.54, 1.807) is 6.07 Å². The summed E-state index contributed by atoms with van der Waals surface area (Å²) in [5, 5.41) is 3.55. The molecule has 6 heteroatoms. The Labute approximate surface area is 107 Å². The van der Waals surface area contributed by atoms with E-state index in [9.17, 15) is 0 Å². The molecule has 96 valence electrons. The van der Waals surface area contributed by atoms with Crippen LogP contribution in [0, 0.1) is 0 Å². The largest absolute Gasteiger partial charge is 0.370 e. The van der Waals surface area contributed by atoms with Gasteiger partial charge in [0, 0.05) is 12.6 Å². The summed E-state index contributed by atoms with van der Waals surface area (Å²) >= 11 is 5.78. The van der Waals surface area contributed by atoms with Crippen LogP contribution in [0.4, 0.5) is 11.8 Å². The fourth-order valence-corrected chi connectivity index (χ4v) is 1.77. The molecule has 0 unspecified atom stereocenters. The van der Waals surface area contributed by atoms with Crippen molar-refractivity contribution in [1.82, 2.24) is 14.9 Å². The molecule has 0 saturated heterocycles. The van der Waals surface area contributed by atoms with Crippen molar-refractivity contribution < 1.29 is 0 Å². The third kappa shape index (κ3) is 5.19. The molecular weight excluding hydrogens is 238 g/mol. The number of anilines is 2. The van der Waals surface area contributed by atoms with Crippen molar-refractivity contribution in [3.05, 3.63) is 11.2 Å². The van der Waals surface area contributed by atoms with E-state index in [-0.39, 0.29) is 5.95 Å². The summed E-state index contributed by atoms with van der Waals surface area (Å²) in [6.07, 6.45) is 1.06. The van der Waals surface area contributed by atoms with E-state index in [0.717, 1.165) is 32.6 Å². The molecule has 17 heavy (non-hydrogen) atoms. The minimum atomic E-state index is 0.198. The van der Waals surface area contributed by atoms with E-state index in [4.69, 9.17) is 17.3 Å². The number of nitrogens with one attached hydrogen (secondary N) is 1. The first kappa shape index (κ1) is 14.0. The van der Waals surface area contributed by atoms with Crippen molar-refractivity contribution in [3.8, 4) is 0 Å². The van der Waals surface area contributed by atoms with Crippen molar-refractivity contribution in [2.24, 2.45) is 0 Å². The van der Waals surface area contributed by atoms with Gasteiger partial charge in [-0.15, -0.1) is 0 Å². The second-order valence-corrected chi connectivity index (χ2v) is 4.13. The van der Waals surface area contributed by atoms with Crippen LogP contribution in [0.2, 0.25) is 5.15 Å². The fourth-order valence-electron chi connectivity index (χ4n) is 1.58. The Hall–Kier alpha value is -1.07. The predicted octanol–water partition coefficient (Wildman–Crippen LogP) is 1.86. The normalized spacial score (nSPS) is 10.8. The SMILES string of the molecule is CCN(CC)CCCNc1cc(Cl)nc(N)n1. The van der Waals surface area contributed by atoms with Crippen LogP contribution in [-0.2, 0) is 0 Å². The van der Waals surface area contributed by atoms with Crippen LogP contribution < -0.4 is 11.1 Å². The van der Waals surface area contributed by atoms with Crippen molar-refractivity contribution >= 4 is 23.4 Å². The van der Waals surface area contributed by atoms with E-state index in [2.05, 4.69) is 34.0 Å². The Morgan fingerprint density at radius 1 is 1.35 bits per heavy atom. The Balaban J connectivity index is 2.31. The third-order valence-electron chi connectivity index (χ3n) is 2.56. The molecule has 0 bridgehead atoms. The highest BCUT2D eigenvalue weighted by atomic mass is 35.5. The van der Waals surface area contributed by atoms with Crippen LogP contribution in [0.25, 0.3) is 0 Å². The molecule has 0 amide bonds. The number of nitrogens with zero attached hydrogens (tertiary/aromatic N) is 3. The van der Waals surface area contributed by atoms with Gasteiger partial charge in [0.2, 0.25) is 5.95 Å². The van der Waals surface area contributed by atoms with Gasteiger partial charge in [0.25, 0.3) is 0 Å². The highest BCUT2D eigenvalue weighted by Gasteiger charge is 2.01. The molecule has 0 aliphatic rings. The average molecular weight is 258 g/mol. The molecule has 1 rings (SSSR count). The predicted molar refractivity (Wildman–Crippen MR) is 72.3 cm³/mol. The monoisotopic (exact) mass is 257 g/mol. The summed E-state index contributed by atoms with van der Waals surface area (Å²) in [6, 6.07) is 1.68. The molecule has 0 aromatic carbocycles. The van der Waals surface area contributed by atoms with Crippen molar-refractivity contribution in [2.75, 3.05) is 37.2 Å². The van der Waals surface area contributed by atoms with Gasteiger partial charge in [0.15, 0.2) is 0 Å². The summed E-state index contributed by atoms with van der Waals surface area (Å²) < 4.78 is 0. The van der Waals surface area contributed by atoms with Crippen molar-refractivity contribution in [3.63, 3.8) is 0 Å². The number of aromatic nitrogens is 2. The summed E-state index contributed by atoms with van der Waals surface area (Å²) in [4.78, 5) is 10.2. The zero-order valence-corrected chi connectivity index (χ0v) is 11.2. The molecule has 0 aliphatic carbocycles. The Morgan fingerprint density at radius 3 is 2.65 bits per heavy atom. The summed E-state index contributed by atoms with van der Waals surface area (Å²) in [7, 11) is 0. The molecule has 0 fully saturated rings. The lowest BCUT2D eigenvalue weighted by Gasteiger charge is -2.17. The number of halogens is 1. The first-order valence-corrected chi connectivity index (χ1v) is 6.29. The molecule has 0 spiro atoms. The highest BCUT2D eigenvalue weighted by Crippen LogP contribution is 2.12. The van der Waals surface area contributed by atoms with Crippen LogP contribution in [0.15, 0.2) is 6.07 Å². The minimum absolute atomic E-state index is 0.198. The van der Waals surface area contributed by atoms with Gasteiger partial charge in [-0.05, 0) is 26.1 Å². The zero-order chi connectivity index (χ0) is 12.7. The van der Waals surface area contributed by atoms with Crippen LogP contribution in [0.3, 0.4) is 0 Å². The Morgan fingerprint density at radius 2 is 2.06 bits per heavy atom. The van der Waals surface area contributed by atoms with E-state index in [0.29, 0.717) is 11.0 Å². The molecule has 0 radical (unpaired) electrons. The first-order valence-electron chi connectivity index (χ1n) is 5.92. The van der Waals surface area contributed by atoms with Crippen molar-refractivity contribution in [2.45, 2.75) is 20.3 Å². The van der Waals surface area contributed by atoms with Crippen molar-refractivity contribution in [1.29, 1.82) is 0 Å². The molecule has 5 nitrogen and oxygen atoms in total. The lowest BCUT2D eigenvalue weighted by molar-refractivity contribution is 0.303. The molecule has 3 N–H and O–H groups in total. The van der Waals surface area contributed by atoms with Crippen LogP contribution in [0.1, 0.15) is 20.3 Å².